The molecule has 10 rings (SSSR count). The fourth-order valence-electron chi connectivity index (χ4n) is 7.66. The zero-order valence-corrected chi connectivity index (χ0v) is 58.0. The number of nitrogens with zero attached hydrogens (tertiary/aromatic N) is 6. The van der Waals surface area contributed by atoms with Crippen molar-refractivity contribution in [2.75, 3.05) is 68.6 Å². The summed E-state index contributed by atoms with van der Waals surface area (Å²) in [6, 6.07) is 37.7. The van der Waals surface area contributed by atoms with Crippen LogP contribution in [0.25, 0.3) is 32.7 Å². The molecule has 1 saturated heterocycles. The predicted molar refractivity (Wildman–Crippen MR) is 419 cm³/mol. The third-order valence-corrected chi connectivity index (χ3v) is 12.1. The maximum Gasteiger partial charge on any atom is 1.00 e. The zero-order chi connectivity index (χ0) is 74.9. The standard InChI is InChI=1S/C11H13N3O4.2C11H10N2O4.C9H10N2.C6H7N3O2.C6H6N2O2.C5H8O3.C4H8O.C2H6O.4CH4.Al.ClH.Li.4H/c1-3-18-11(15)8(2)12-13-9-5-4-6-10(7-9)14(16)17;1-2-17-11(14)10-5-7-3-4-8(13(15)16)6-9(7)12-10;1-2-17-11(14)9-6-7-8(12-9)4-3-5-10(7)13(15)16;1-6-4-7-2-3-8(10)5-9(7)11-6;7-8-5-2-1-3-6(4-5)9(10)11;7-5-2-1-3-6(4-5)8(9)10;1-3-8-5(7)4(2)6;1-2-4-5-3-1;1-2-3;;;;;;;;;;;/h4-7,13H,3H2,1-2H3;2*3-6,12H,2H2,1H3;2-5,11H,10H2,1H3;1-4,8H,7H2;1-4H,7H2;3H2,1-2H3;1-4H2;3H,2H2,1H3;4*1H4;;1H;;;;;/q;;;;;;;;;;;;;;;+1;;;;-1/b12-8+;;;;;;;;;;;;;;;;;;;. The molecule has 1 fully saturated rings. The minimum Gasteiger partial charge on any atom is -1.00 e. The van der Waals surface area contributed by atoms with Crippen molar-refractivity contribution in [1.29, 1.82) is 0 Å². The van der Waals surface area contributed by atoms with E-state index >= 15 is 0 Å². The van der Waals surface area contributed by atoms with Crippen molar-refractivity contribution < 1.29 is 97.7 Å². The molecule has 582 valence electrons. The van der Waals surface area contributed by atoms with E-state index in [1.807, 2.05) is 25.1 Å². The minimum atomic E-state index is -0.757. The summed E-state index contributed by atoms with van der Waals surface area (Å²) in [4.78, 5) is 113. The van der Waals surface area contributed by atoms with Crippen molar-refractivity contribution in [2.45, 2.75) is 97.9 Å². The summed E-state index contributed by atoms with van der Waals surface area (Å²) in [5.74, 6) is 2.23. The Morgan fingerprint density at radius 2 is 0.953 bits per heavy atom. The second-order valence-electron chi connectivity index (χ2n) is 19.7. The van der Waals surface area contributed by atoms with Crippen molar-refractivity contribution in [3.05, 3.63) is 213 Å². The number of nitrogens with two attached hydrogens (primary N) is 3. The van der Waals surface area contributed by atoms with Gasteiger partial charge in [0.1, 0.15) is 17.1 Å². The molecule has 0 radical (unpaired) electrons. The van der Waals surface area contributed by atoms with Gasteiger partial charge in [-0.2, -0.15) is 5.10 Å². The summed E-state index contributed by atoms with van der Waals surface area (Å²) < 4.78 is 23.6. The Morgan fingerprint density at radius 3 is 1.40 bits per heavy atom. The van der Waals surface area contributed by atoms with Crippen LogP contribution in [0, 0.1) is 57.5 Å². The topological polar surface area (TPSA) is 529 Å². The van der Waals surface area contributed by atoms with Crippen molar-refractivity contribution >= 4 is 149 Å². The zero-order valence-electron chi connectivity index (χ0n) is 58.2. The fraction of sp³-hybridized carbons (Fsp3) is 0.304. The van der Waals surface area contributed by atoms with E-state index < -0.39 is 54.3 Å². The third-order valence-electron chi connectivity index (χ3n) is 12.1. The molecule has 38 heteroatoms. The fourth-order valence-corrected chi connectivity index (χ4v) is 7.66. The van der Waals surface area contributed by atoms with E-state index in [1.54, 1.807) is 89.2 Å². The van der Waals surface area contributed by atoms with Gasteiger partial charge in [0.05, 0.1) is 78.8 Å². The third kappa shape index (κ3) is 39.9. The number of carbonyl (C=O) groups excluding carboxylic acids is 5. The number of ketones is 1. The van der Waals surface area contributed by atoms with E-state index in [9.17, 15) is 74.5 Å². The van der Waals surface area contributed by atoms with Gasteiger partial charge in [0, 0.05) is 109 Å². The molecule has 0 bridgehead atoms. The number of aromatic nitrogens is 3. The number of rotatable bonds is 16. The van der Waals surface area contributed by atoms with E-state index in [0.717, 1.165) is 29.8 Å². The number of aliphatic hydroxyl groups is 1. The first-order valence-corrected chi connectivity index (χ1v) is 30.1. The SMILES string of the molecule is C.C.C.C.C1CCOC1.CCO.CCOC(=O)/C(C)=N/Nc1cccc([N+](=O)[O-])c1.CCOC(=O)C(C)=O.CCOC(=O)c1cc2c([N+](=O)[O-])cccc2[nH]1.CCOC(=O)c1cc2ccc([N+](=O)[O-])cc2[nH]1.Cc1cc2ccc(N)cc2[nH]1.Cl.NNc1cccc([N+](=O)[O-])c1.Nc1cccc([N+](=O)[O-])c1.[AlH3].[H-].[Li+]. The van der Waals surface area contributed by atoms with Crippen LogP contribution < -0.4 is 47.0 Å². The molecule has 1 aliphatic rings. The minimum absolute atomic E-state index is 0. The molecule has 0 spiro atoms. The molecule has 9 aromatic rings. The molecule has 0 aliphatic carbocycles. The maximum absolute atomic E-state index is 11.5. The number of carbonyl (C=O) groups is 5. The van der Waals surface area contributed by atoms with Crippen LogP contribution in [0.3, 0.4) is 0 Å². The number of aliphatic hydroxyl groups excluding tert-OH is 1. The number of hydrazine groups is 1. The van der Waals surface area contributed by atoms with Gasteiger partial charge in [-0.15, -0.1) is 12.4 Å². The van der Waals surface area contributed by atoms with Crippen LogP contribution >= 0.6 is 12.4 Å². The van der Waals surface area contributed by atoms with Gasteiger partial charge in [0.2, 0.25) is 5.78 Å². The smallest absolute Gasteiger partial charge is 1.00 e. The number of nitro benzene ring substituents is 5. The van der Waals surface area contributed by atoms with E-state index in [1.165, 1.54) is 104 Å². The van der Waals surface area contributed by atoms with Gasteiger partial charge in [-0.05, 0) is 127 Å². The van der Waals surface area contributed by atoms with Gasteiger partial charge in [-0.1, -0.05) is 60.0 Å². The summed E-state index contributed by atoms with van der Waals surface area (Å²) >= 11 is 0. The molecule has 4 heterocycles. The first-order chi connectivity index (χ1) is 47.6. The Hall–Kier alpha value is -11.3. The number of fused-ring (bicyclic) bond motifs is 3. The van der Waals surface area contributed by atoms with Gasteiger partial charge in [-0.25, -0.2) is 19.2 Å². The normalized spacial score (nSPS) is 9.94. The van der Waals surface area contributed by atoms with Crippen molar-refractivity contribution in [2.24, 2.45) is 10.9 Å². The number of non-ortho nitro benzene ring substituents is 5. The summed E-state index contributed by atoms with van der Waals surface area (Å²) in [5.41, 5.74) is 21.9. The second-order valence-corrected chi connectivity index (χ2v) is 19.7. The van der Waals surface area contributed by atoms with Gasteiger partial charge in [0.15, 0.2) is 17.4 Å². The molecule has 0 amide bonds. The van der Waals surface area contributed by atoms with Crippen molar-refractivity contribution in [3.8, 4) is 0 Å². The average Bonchev–Trinajstić information content (AvgIpc) is 1.67. The molecular formula is C69H99AlClLiN14O21. The van der Waals surface area contributed by atoms with E-state index in [4.69, 9.17) is 41.4 Å². The number of benzene rings is 6. The van der Waals surface area contributed by atoms with Gasteiger partial charge >= 0.3 is 42.7 Å². The van der Waals surface area contributed by atoms with Crippen LogP contribution in [0.15, 0.2) is 151 Å². The maximum atomic E-state index is 11.5. The van der Waals surface area contributed by atoms with Crippen LogP contribution in [0.5, 0.6) is 0 Å². The number of hydrogen-bond donors (Lipinski definition) is 9. The molecule has 12 N–H and O–H groups in total. The molecule has 3 aromatic heterocycles. The van der Waals surface area contributed by atoms with E-state index in [-0.39, 0.29) is 153 Å². The molecule has 35 nitrogen and oxygen atoms in total. The van der Waals surface area contributed by atoms with Gasteiger partial charge in [0.25, 0.3) is 28.4 Å². The number of esters is 4. The number of Topliss-reactive ketones (excluding diaryl/α,β-unsaturated/α-hetero) is 1. The average molecular weight is 1530 g/mol. The monoisotopic (exact) mass is 1530 g/mol. The number of halogens is 1. The van der Waals surface area contributed by atoms with Gasteiger partial charge < -0.3 is 62.1 Å². The number of aryl methyl sites for hydroxylation is 1. The number of ether oxygens (including phenoxy) is 5. The summed E-state index contributed by atoms with van der Waals surface area (Å²) in [6.07, 6.45) is 2.56. The van der Waals surface area contributed by atoms with Crippen molar-refractivity contribution in [1.82, 2.24) is 15.0 Å². The van der Waals surface area contributed by atoms with Crippen LogP contribution in [0.2, 0.25) is 0 Å². The number of nitrogen functional groups attached to an aromatic ring is 3. The quantitative estimate of drug-likeness (QED) is 0.00499. The molecule has 0 atom stereocenters. The number of anilines is 4. The summed E-state index contributed by atoms with van der Waals surface area (Å²) in [6.45, 7) is 16.5. The summed E-state index contributed by atoms with van der Waals surface area (Å²) in [7, 11) is 0. The van der Waals surface area contributed by atoms with Gasteiger partial charge in [-0.3, -0.25) is 66.6 Å². The Kier molecular flexibility index (Phi) is 57.8. The first-order valence-electron chi connectivity index (χ1n) is 30.1. The Morgan fingerprint density at radius 1 is 0.533 bits per heavy atom. The Bertz CT molecular complexity index is 4250. The first kappa shape index (κ1) is 107. The molecule has 0 saturated carbocycles. The Balaban J connectivity index is -0.000000217. The van der Waals surface area contributed by atoms with Crippen LogP contribution in [0.4, 0.5) is 51.2 Å². The van der Waals surface area contributed by atoms with E-state index in [0.29, 0.717) is 39.2 Å². The second kappa shape index (κ2) is 58.0. The predicted octanol–water partition coefficient (Wildman–Crippen LogP) is 10.4. The van der Waals surface area contributed by atoms with Crippen LogP contribution in [-0.4, -0.2) is 144 Å². The molecule has 1 aliphatic heterocycles. The molecule has 107 heavy (non-hydrogen) atoms. The number of hydrazone groups is 1. The van der Waals surface area contributed by atoms with Crippen LogP contribution in [-0.2, 0) is 38.1 Å². The largest absolute Gasteiger partial charge is 1.00 e. The summed E-state index contributed by atoms with van der Waals surface area (Å²) in [5, 5.41) is 66.0. The number of H-pyrrole nitrogens is 3. The molecule has 0 unspecified atom stereocenters. The molecular weight excluding hydrogens is 1430 g/mol. The van der Waals surface area contributed by atoms with Crippen LogP contribution in [0.1, 0.15) is 119 Å². The number of nitro groups is 5. The van der Waals surface area contributed by atoms with Crippen molar-refractivity contribution in [3.63, 3.8) is 0 Å². The number of hydrogen-bond acceptors (Lipinski definition) is 27. The molecule has 6 aromatic carbocycles. The van der Waals surface area contributed by atoms with E-state index in [2.05, 4.69) is 41.7 Å². The number of nitrogens with one attached hydrogen (secondary N) is 5. The Labute approximate surface area is 649 Å². The number of aromatic amines is 3.